The number of esters is 1. The summed E-state index contributed by atoms with van der Waals surface area (Å²) in [6.07, 6.45) is 0. The highest BCUT2D eigenvalue weighted by atomic mass is 35.5. The predicted octanol–water partition coefficient (Wildman–Crippen LogP) is 4.19. The summed E-state index contributed by atoms with van der Waals surface area (Å²) >= 11 is 7.36. The topological polar surface area (TPSA) is 70.1 Å². The smallest absolute Gasteiger partial charge is 0.344 e. The van der Waals surface area contributed by atoms with E-state index in [9.17, 15) is 4.79 Å². The molecule has 3 rings (SSSR count). The summed E-state index contributed by atoms with van der Waals surface area (Å²) in [7, 11) is 1.33. The molecule has 25 heavy (non-hydrogen) atoms. The van der Waals surface area contributed by atoms with Crippen molar-refractivity contribution in [3.63, 3.8) is 0 Å². The Bertz CT molecular complexity index is 879. The van der Waals surface area contributed by atoms with Gasteiger partial charge in [-0.25, -0.2) is 9.48 Å². The van der Waals surface area contributed by atoms with Crippen LogP contribution in [0.2, 0.25) is 5.02 Å². The van der Waals surface area contributed by atoms with Gasteiger partial charge in [-0.1, -0.05) is 53.7 Å². The highest BCUT2D eigenvalue weighted by Crippen LogP contribution is 2.31. The summed E-state index contributed by atoms with van der Waals surface area (Å²) in [6, 6.07) is 17.0. The van der Waals surface area contributed by atoms with Gasteiger partial charge in [0, 0.05) is 10.8 Å². The van der Waals surface area contributed by atoms with Gasteiger partial charge in [0.1, 0.15) is 16.4 Å². The summed E-state index contributed by atoms with van der Waals surface area (Å²) in [6.45, 7) is 0. The summed E-state index contributed by atoms with van der Waals surface area (Å²) in [5, 5.41) is 5.65. The van der Waals surface area contributed by atoms with Gasteiger partial charge in [-0.15, -0.1) is 0 Å². The minimum absolute atomic E-state index is 0.240. The van der Waals surface area contributed by atoms with E-state index in [1.807, 2.05) is 30.3 Å². The monoisotopic (exact) mass is 373 g/mol. The van der Waals surface area contributed by atoms with Gasteiger partial charge in [0.2, 0.25) is 0 Å². The standard InChI is InChI=1S/C18H16ClN3O2S/c1-24-18(23)15-16(20)22(14-9-7-13(19)8-10-14)21-17(15)25-11-12-5-3-2-4-6-12/h2-10H,11,20H2,1H3. The van der Waals surface area contributed by atoms with Crippen LogP contribution in [0.15, 0.2) is 59.6 Å². The molecule has 7 heteroatoms. The second-order valence-electron chi connectivity index (χ2n) is 5.22. The lowest BCUT2D eigenvalue weighted by atomic mass is 10.2. The second-order valence-corrected chi connectivity index (χ2v) is 6.62. The number of hydrogen-bond donors (Lipinski definition) is 1. The number of carbonyl (C=O) groups is 1. The highest BCUT2D eigenvalue weighted by molar-refractivity contribution is 7.98. The lowest BCUT2D eigenvalue weighted by Gasteiger charge is -2.04. The zero-order valence-corrected chi connectivity index (χ0v) is 15.1. The Labute approximate surface area is 154 Å². The number of ether oxygens (including phenoxy) is 1. The molecule has 1 aromatic heterocycles. The van der Waals surface area contributed by atoms with Gasteiger partial charge in [0.25, 0.3) is 0 Å². The van der Waals surface area contributed by atoms with Crippen LogP contribution in [0.4, 0.5) is 5.82 Å². The van der Waals surface area contributed by atoms with E-state index >= 15 is 0 Å². The number of anilines is 1. The van der Waals surface area contributed by atoms with Gasteiger partial charge in [-0.05, 0) is 29.8 Å². The number of halogens is 1. The van der Waals surface area contributed by atoms with E-state index in [0.717, 1.165) is 11.3 Å². The summed E-state index contributed by atoms with van der Waals surface area (Å²) < 4.78 is 6.40. The number of benzene rings is 2. The summed E-state index contributed by atoms with van der Waals surface area (Å²) in [5.41, 5.74) is 8.30. The third kappa shape index (κ3) is 3.81. The predicted molar refractivity (Wildman–Crippen MR) is 100 cm³/mol. The van der Waals surface area contributed by atoms with E-state index in [1.54, 1.807) is 24.3 Å². The number of nitrogen functional groups attached to an aromatic ring is 1. The normalized spacial score (nSPS) is 10.6. The fraction of sp³-hybridized carbons (Fsp3) is 0.111. The molecule has 0 bridgehead atoms. The lowest BCUT2D eigenvalue weighted by Crippen LogP contribution is -2.07. The minimum Gasteiger partial charge on any atom is -0.465 e. The van der Waals surface area contributed by atoms with Crippen molar-refractivity contribution in [3.05, 3.63) is 70.7 Å². The third-order valence-corrected chi connectivity index (χ3v) is 4.86. The number of thioether (sulfide) groups is 1. The second kappa shape index (κ2) is 7.63. The number of carbonyl (C=O) groups excluding carboxylic acids is 1. The van der Waals surface area contributed by atoms with Crippen molar-refractivity contribution in [2.24, 2.45) is 0 Å². The summed E-state index contributed by atoms with van der Waals surface area (Å²) in [5.74, 6) is 0.403. The molecule has 2 aromatic carbocycles. The van der Waals surface area contributed by atoms with Crippen LogP contribution >= 0.6 is 23.4 Å². The van der Waals surface area contributed by atoms with Crippen LogP contribution in [0.25, 0.3) is 5.69 Å². The van der Waals surface area contributed by atoms with Crippen LogP contribution in [0.3, 0.4) is 0 Å². The molecule has 0 fully saturated rings. The molecule has 2 N–H and O–H groups in total. The molecule has 0 unspecified atom stereocenters. The molecule has 5 nitrogen and oxygen atoms in total. The Morgan fingerprint density at radius 2 is 1.88 bits per heavy atom. The van der Waals surface area contributed by atoms with Crippen molar-refractivity contribution in [2.75, 3.05) is 12.8 Å². The number of nitrogens with two attached hydrogens (primary N) is 1. The number of nitrogens with zero attached hydrogens (tertiary/aromatic N) is 2. The van der Waals surface area contributed by atoms with Crippen LogP contribution in [0, 0.1) is 0 Å². The fourth-order valence-corrected chi connectivity index (χ4v) is 3.40. The van der Waals surface area contributed by atoms with Gasteiger partial charge in [-0.2, -0.15) is 5.10 Å². The van der Waals surface area contributed by atoms with Crippen molar-refractivity contribution >= 4 is 35.1 Å². The average molecular weight is 374 g/mol. The molecule has 0 aliphatic heterocycles. The van der Waals surface area contributed by atoms with Crippen molar-refractivity contribution < 1.29 is 9.53 Å². The molecule has 0 spiro atoms. The average Bonchev–Trinajstić information content (AvgIpc) is 2.97. The zero-order chi connectivity index (χ0) is 17.8. The molecule has 0 atom stereocenters. The first kappa shape index (κ1) is 17.4. The molecule has 1 heterocycles. The Kier molecular flexibility index (Phi) is 5.31. The SMILES string of the molecule is COC(=O)c1c(SCc2ccccc2)nn(-c2ccc(Cl)cc2)c1N. The van der Waals surface area contributed by atoms with Gasteiger partial charge < -0.3 is 10.5 Å². The molecular formula is C18H16ClN3O2S. The quantitative estimate of drug-likeness (QED) is 0.536. The lowest BCUT2D eigenvalue weighted by molar-refractivity contribution is 0.0598. The fourth-order valence-electron chi connectivity index (χ4n) is 2.31. The number of methoxy groups -OCH3 is 1. The number of aromatic nitrogens is 2. The Morgan fingerprint density at radius 1 is 1.20 bits per heavy atom. The number of hydrogen-bond acceptors (Lipinski definition) is 5. The molecule has 0 amide bonds. The maximum Gasteiger partial charge on any atom is 0.344 e. The third-order valence-electron chi connectivity index (χ3n) is 3.57. The van der Waals surface area contributed by atoms with Crippen molar-refractivity contribution in [2.45, 2.75) is 10.8 Å². The van der Waals surface area contributed by atoms with E-state index in [4.69, 9.17) is 22.1 Å². The molecule has 0 saturated carbocycles. The molecule has 128 valence electrons. The van der Waals surface area contributed by atoms with Crippen molar-refractivity contribution in [1.82, 2.24) is 9.78 Å². The van der Waals surface area contributed by atoms with E-state index in [0.29, 0.717) is 15.8 Å². The Balaban J connectivity index is 1.97. The van der Waals surface area contributed by atoms with Crippen LogP contribution < -0.4 is 5.73 Å². The van der Waals surface area contributed by atoms with Crippen LogP contribution in [-0.2, 0) is 10.5 Å². The van der Waals surface area contributed by atoms with Gasteiger partial charge in [0.05, 0.1) is 12.8 Å². The molecule has 0 radical (unpaired) electrons. The maximum absolute atomic E-state index is 12.2. The Hall–Kier alpha value is -2.44. The van der Waals surface area contributed by atoms with Crippen LogP contribution in [0.5, 0.6) is 0 Å². The minimum atomic E-state index is -0.506. The zero-order valence-electron chi connectivity index (χ0n) is 13.5. The number of rotatable bonds is 5. The molecule has 0 saturated heterocycles. The molecule has 3 aromatic rings. The first-order valence-corrected chi connectivity index (χ1v) is 8.86. The van der Waals surface area contributed by atoms with Crippen LogP contribution in [-0.4, -0.2) is 22.9 Å². The van der Waals surface area contributed by atoms with Crippen molar-refractivity contribution in [1.29, 1.82) is 0 Å². The first-order valence-electron chi connectivity index (χ1n) is 7.49. The van der Waals surface area contributed by atoms with E-state index in [-0.39, 0.29) is 11.4 Å². The van der Waals surface area contributed by atoms with Gasteiger partial charge in [0.15, 0.2) is 0 Å². The molecule has 0 aliphatic carbocycles. The van der Waals surface area contributed by atoms with Crippen molar-refractivity contribution in [3.8, 4) is 5.69 Å². The molecule has 0 aliphatic rings. The van der Waals surface area contributed by atoms with Crippen LogP contribution in [0.1, 0.15) is 15.9 Å². The van der Waals surface area contributed by atoms with E-state index in [1.165, 1.54) is 23.6 Å². The first-order chi connectivity index (χ1) is 12.1. The van der Waals surface area contributed by atoms with Gasteiger partial charge in [-0.3, -0.25) is 0 Å². The highest BCUT2D eigenvalue weighted by Gasteiger charge is 2.24. The van der Waals surface area contributed by atoms with E-state index in [2.05, 4.69) is 5.10 Å². The largest absolute Gasteiger partial charge is 0.465 e. The molecular weight excluding hydrogens is 358 g/mol. The summed E-state index contributed by atoms with van der Waals surface area (Å²) in [4.78, 5) is 12.2. The Morgan fingerprint density at radius 3 is 2.52 bits per heavy atom. The maximum atomic E-state index is 12.2. The van der Waals surface area contributed by atoms with E-state index < -0.39 is 5.97 Å². The van der Waals surface area contributed by atoms with Gasteiger partial charge >= 0.3 is 5.97 Å².